The highest BCUT2D eigenvalue weighted by Gasteiger charge is 1.92. The number of nitriles is 1. The normalized spacial score (nSPS) is 8.15. The highest BCUT2D eigenvalue weighted by molar-refractivity contribution is 8.13. The minimum atomic E-state index is 0.175. The fourth-order valence-electron chi connectivity index (χ4n) is 0.735. The molecule has 0 atom stereocenters. The van der Waals surface area contributed by atoms with Crippen molar-refractivity contribution in [1.82, 2.24) is 0 Å². The molecule has 3 nitrogen and oxygen atoms in total. The number of nitrogens with two attached hydrogens (primary N) is 1. The highest BCUT2D eigenvalue weighted by Crippen LogP contribution is 2.09. The smallest absolute Gasteiger partial charge is 0.151 e. The summed E-state index contributed by atoms with van der Waals surface area (Å²) in [6, 6.07) is 9.99. The van der Waals surface area contributed by atoms with Crippen LogP contribution in [0.3, 0.4) is 0 Å². The average molecular weight is 193 g/mol. The summed E-state index contributed by atoms with van der Waals surface area (Å²) in [6.45, 7) is 3.50. The first kappa shape index (κ1) is 11.5. The van der Waals surface area contributed by atoms with Crippen molar-refractivity contribution in [1.29, 1.82) is 10.7 Å². The quantitative estimate of drug-likeness (QED) is 0.557. The Hall–Kier alpha value is -1.47. The lowest BCUT2D eigenvalue weighted by molar-refractivity contribution is 1.42. The molecule has 1 aromatic carbocycles. The predicted molar refractivity (Wildman–Crippen MR) is 56.3 cm³/mol. The van der Waals surface area contributed by atoms with Crippen LogP contribution in [0.15, 0.2) is 30.3 Å². The van der Waals surface area contributed by atoms with Crippen LogP contribution in [0.5, 0.6) is 0 Å². The number of hydrogen-bond acceptors (Lipinski definition) is 3. The molecule has 0 bridgehead atoms. The van der Waals surface area contributed by atoms with Gasteiger partial charge < -0.3 is 5.73 Å². The molecular formula is C9H11N3S. The van der Waals surface area contributed by atoms with Gasteiger partial charge in [-0.2, -0.15) is 0 Å². The maximum Gasteiger partial charge on any atom is 0.151 e. The lowest BCUT2D eigenvalue weighted by atomic mass is 10.2. The van der Waals surface area contributed by atoms with Gasteiger partial charge in [0.25, 0.3) is 0 Å². The summed E-state index contributed by atoms with van der Waals surface area (Å²) in [5.41, 5.74) is 6.39. The van der Waals surface area contributed by atoms with Gasteiger partial charge in [0.1, 0.15) is 0 Å². The Balaban J connectivity index is 0.000000671. The highest BCUT2D eigenvalue weighted by atomic mass is 32.2. The maximum absolute atomic E-state index is 6.98. The average Bonchev–Trinajstić information content (AvgIpc) is 2.19. The molecule has 1 aromatic rings. The van der Waals surface area contributed by atoms with E-state index >= 15 is 0 Å². The molecule has 1 rings (SSSR count). The SMILES string of the molecule is C#N.N=C(N)SCc1ccccc1. The molecule has 0 saturated heterocycles. The van der Waals surface area contributed by atoms with E-state index in [1.54, 1.807) is 0 Å². The van der Waals surface area contributed by atoms with Gasteiger partial charge in [-0.05, 0) is 5.56 Å². The van der Waals surface area contributed by atoms with Gasteiger partial charge in [-0.15, -0.1) is 0 Å². The maximum atomic E-state index is 6.98. The van der Waals surface area contributed by atoms with Crippen molar-refractivity contribution in [3.8, 4) is 6.57 Å². The number of nitrogens with zero attached hydrogens (tertiary/aromatic N) is 1. The lowest BCUT2D eigenvalue weighted by Gasteiger charge is -1.97. The van der Waals surface area contributed by atoms with E-state index in [1.807, 2.05) is 30.3 Å². The number of thioether (sulfide) groups is 1. The molecule has 0 unspecified atom stereocenters. The van der Waals surface area contributed by atoms with Crippen LogP contribution in [-0.4, -0.2) is 5.17 Å². The van der Waals surface area contributed by atoms with Crippen molar-refractivity contribution in [3.05, 3.63) is 35.9 Å². The number of benzene rings is 1. The van der Waals surface area contributed by atoms with Gasteiger partial charge in [0, 0.05) is 12.3 Å². The van der Waals surface area contributed by atoms with Crippen LogP contribution in [0.2, 0.25) is 0 Å². The van der Waals surface area contributed by atoms with Crippen molar-refractivity contribution in [2.45, 2.75) is 5.75 Å². The monoisotopic (exact) mass is 193 g/mol. The fraction of sp³-hybridized carbons (Fsp3) is 0.111. The second-order valence-corrected chi connectivity index (χ2v) is 3.16. The molecule has 0 aliphatic carbocycles. The van der Waals surface area contributed by atoms with Crippen molar-refractivity contribution < 1.29 is 0 Å². The Morgan fingerprint density at radius 2 is 1.92 bits per heavy atom. The largest absolute Gasteiger partial charge is 0.379 e. The van der Waals surface area contributed by atoms with E-state index in [4.69, 9.17) is 16.4 Å². The molecule has 0 fully saturated rings. The zero-order chi connectivity index (χ0) is 10.1. The van der Waals surface area contributed by atoms with Crippen LogP contribution in [0.4, 0.5) is 0 Å². The third-order valence-corrected chi connectivity index (χ3v) is 2.03. The van der Waals surface area contributed by atoms with E-state index in [0.717, 1.165) is 5.75 Å². The Morgan fingerprint density at radius 1 is 1.38 bits per heavy atom. The van der Waals surface area contributed by atoms with Crippen LogP contribution in [0.1, 0.15) is 5.56 Å². The van der Waals surface area contributed by atoms with Crippen LogP contribution in [0.25, 0.3) is 0 Å². The standard InChI is InChI=1S/C8H10N2S.CHN/c9-8(10)11-6-7-4-2-1-3-5-7;1-2/h1-5H,6H2,(H3,9,10);1H. The van der Waals surface area contributed by atoms with Crippen molar-refractivity contribution >= 4 is 16.9 Å². The molecule has 0 spiro atoms. The summed E-state index contributed by atoms with van der Waals surface area (Å²) in [4.78, 5) is 0. The molecular weight excluding hydrogens is 182 g/mol. The summed E-state index contributed by atoms with van der Waals surface area (Å²) in [5, 5.41) is 13.7. The molecule has 3 N–H and O–H groups in total. The molecule has 0 aliphatic rings. The molecule has 13 heavy (non-hydrogen) atoms. The first-order chi connectivity index (χ1) is 6.29. The first-order valence-corrected chi connectivity index (χ1v) is 4.54. The molecule has 0 aromatic heterocycles. The summed E-state index contributed by atoms with van der Waals surface area (Å²) < 4.78 is 0. The second-order valence-electron chi connectivity index (χ2n) is 2.14. The first-order valence-electron chi connectivity index (χ1n) is 3.55. The van der Waals surface area contributed by atoms with Crippen molar-refractivity contribution in [3.63, 3.8) is 0 Å². The Labute approximate surface area is 82.1 Å². The summed E-state index contributed by atoms with van der Waals surface area (Å²) in [7, 11) is 0. The van der Waals surface area contributed by atoms with Crippen molar-refractivity contribution in [2.24, 2.45) is 5.73 Å². The fourth-order valence-corrected chi connectivity index (χ4v) is 1.25. The number of amidine groups is 1. The van der Waals surface area contributed by atoms with Gasteiger partial charge in [0.05, 0.1) is 0 Å². The molecule has 0 aliphatic heterocycles. The van der Waals surface area contributed by atoms with E-state index in [9.17, 15) is 0 Å². The summed E-state index contributed by atoms with van der Waals surface area (Å²) >= 11 is 1.35. The van der Waals surface area contributed by atoms with Gasteiger partial charge in [0.15, 0.2) is 5.17 Å². The van der Waals surface area contributed by atoms with Crippen LogP contribution in [-0.2, 0) is 5.75 Å². The van der Waals surface area contributed by atoms with Crippen LogP contribution >= 0.6 is 11.8 Å². The van der Waals surface area contributed by atoms with E-state index in [0.29, 0.717) is 0 Å². The van der Waals surface area contributed by atoms with Crippen LogP contribution in [0, 0.1) is 17.2 Å². The van der Waals surface area contributed by atoms with Gasteiger partial charge >= 0.3 is 0 Å². The Kier molecular flexibility index (Phi) is 6.38. The van der Waals surface area contributed by atoms with E-state index in [1.165, 1.54) is 17.3 Å². The second kappa shape index (κ2) is 7.19. The zero-order valence-electron chi connectivity index (χ0n) is 7.10. The number of nitrogens with one attached hydrogen (secondary N) is 1. The summed E-state index contributed by atoms with van der Waals surface area (Å²) in [5.74, 6) is 0.788. The van der Waals surface area contributed by atoms with E-state index in [-0.39, 0.29) is 5.17 Å². The number of hydrogen-bond donors (Lipinski definition) is 2. The van der Waals surface area contributed by atoms with Gasteiger partial charge in [-0.25, -0.2) is 5.26 Å². The van der Waals surface area contributed by atoms with Gasteiger partial charge in [-0.1, -0.05) is 42.1 Å². The van der Waals surface area contributed by atoms with Crippen molar-refractivity contribution in [2.75, 3.05) is 0 Å². The minimum absolute atomic E-state index is 0.175. The molecule has 68 valence electrons. The van der Waals surface area contributed by atoms with Gasteiger partial charge in [0.2, 0.25) is 0 Å². The Bertz CT molecular complexity index is 269. The predicted octanol–water partition coefficient (Wildman–Crippen LogP) is 1.95. The summed E-state index contributed by atoms with van der Waals surface area (Å²) in [6.07, 6.45) is 0. The third-order valence-electron chi connectivity index (χ3n) is 1.24. The topological polar surface area (TPSA) is 73.7 Å². The number of rotatable bonds is 2. The third kappa shape index (κ3) is 5.76. The minimum Gasteiger partial charge on any atom is -0.379 e. The molecule has 0 heterocycles. The molecule has 0 amide bonds. The molecule has 4 heteroatoms. The van der Waals surface area contributed by atoms with E-state index < -0.39 is 0 Å². The lowest BCUT2D eigenvalue weighted by Crippen LogP contribution is -2.03. The molecule has 0 saturated carbocycles. The van der Waals surface area contributed by atoms with Crippen LogP contribution < -0.4 is 5.73 Å². The Morgan fingerprint density at radius 3 is 2.38 bits per heavy atom. The zero-order valence-corrected chi connectivity index (χ0v) is 7.92. The molecule has 0 radical (unpaired) electrons. The van der Waals surface area contributed by atoms with E-state index in [2.05, 4.69) is 6.57 Å². The van der Waals surface area contributed by atoms with Gasteiger partial charge in [-0.3, -0.25) is 5.41 Å².